The van der Waals surface area contributed by atoms with Crippen LogP contribution in [-0.4, -0.2) is 18.5 Å². The van der Waals surface area contributed by atoms with Crippen molar-refractivity contribution in [3.63, 3.8) is 0 Å². The van der Waals surface area contributed by atoms with Crippen LogP contribution >= 0.6 is 15.9 Å². The van der Waals surface area contributed by atoms with Gasteiger partial charge in [-0.15, -0.1) is 0 Å². The van der Waals surface area contributed by atoms with Crippen molar-refractivity contribution in [2.45, 2.75) is 12.5 Å². The molecule has 1 heterocycles. The molecule has 0 radical (unpaired) electrons. The third-order valence-electron chi connectivity index (χ3n) is 2.37. The fourth-order valence-electron chi connectivity index (χ4n) is 1.60. The molecule has 1 aromatic rings. The van der Waals surface area contributed by atoms with Crippen molar-refractivity contribution < 1.29 is 4.79 Å². The van der Waals surface area contributed by atoms with Gasteiger partial charge in [-0.05, 0) is 24.6 Å². The average Bonchev–Trinajstić information content (AvgIpc) is 2.48. The van der Waals surface area contributed by atoms with Crippen LogP contribution in [0, 0.1) is 0 Å². The van der Waals surface area contributed by atoms with Crippen molar-refractivity contribution in [2.24, 2.45) is 5.73 Å². The molecular weight excluding hydrogens is 244 g/mol. The predicted octanol–water partition coefficient (Wildman–Crippen LogP) is 1.51. The quantitative estimate of drug-likeness (QED) is 0.826. The van der Waals surface area contributed by atoms with Gasteiger partial charge in [0, 0.05) is 16.7 Å². The van der Waals surface area contributed by atoms with E-state index in [1.54, 1.807) is 4.90 Å². The van der Waals surface area contributed by atoms with Gasteiger partial charge in [-0.1, -0.05) is 22.0 Å². The van der Waals surface area contributed by atoms with E-state index in [4.69, 9.17) is 5.73 Å². The lowest BCUT2D eigenvalue weighted by Gasteiger charge is -2.16. The molecule has 3 nitrogen and oxygen atoms in total. The Bertz CT molecular complexity index is 367. The Morgan fingerprint density at radius 2 is 2.29 bits per heavy atom. The van der Waals surface area contributed by atoms with E-state index in [-0.39, 0.29) is 11.9 Å². The van der Waals surface area contributed by atoms with Gasteiger partial charge in [0.1, 0.15) is 0 Å². The zero-order valence-electron chi connectivity index (χ0n) is 7.61. The predicted molar refractivity (Wildman–Crippen MR) is 59.1 cm³/mol. The van der Waals surface area contributed by atoms with E-state index in [1.165, 1.54) is 0 Å². The highest BCUT2D eigenvalue weighted by Gasteiger charge is 2.29. The molecule has 1 saturated heterocycles. The van der Waals surface area contributed by atoms with Crippen LogP contribution in [0.15, 0.2) is 28.7 Å². The Hall–Kier alpha value is -0.870. The summed E-state index contributed by atoms with van der Waals surface area (Å²) in [6, 6.07) is 7.37. The highest BCUT2D eigenvalue weighted by Crippen LogP contribution is 2.23. The molecule has 74 valence electrons. The Morgan fingerprint density at radius 1 is 1.50 bits per heavy atom. The first-order valence-corrected chi connectivity index (χ1v) is 5.30. The number of anilines is 1. The Kier molecular flexibility index (Phi) is 2.56. The molecule has 1 aliphatic rings. The molecule has 0 spiro atoms. The van der Waals surface area contributed by atoms with Crippen LogP contribution in [0.25, 0.3) is 0 Å². The summed E-state index contributed by atoms with van der Waals surface area (Å²) < 4.78 is 0.975. The number of hydrogen-bond acceptors (Lipinski definition) is 2. The zero-order valence-corrected chi connectivity index (χ0v) is 9.20. The van der Waals surface area contributed by atoms with Gasteiger partial charge in [-0.3, -0.25) is 4.79 Å². The fraction of sp³-hybridized carbons (Fsp3) is 0.300. The molecule has 0 saturated carbocycles. The molecule has 14 heavy (non-hydrogen) atoms. The maximum atomic E-state index is 11.6. The molecule has 2 N–H and O–H groups in total. The van der Waals surface area contributed by atoms with Crippen LogP contribution in [-0.2, 0) is 4.79 Å². The summed E-state index contributed by atoms with van der Waals surface area (Å²) in [6.07, 6.45) is 0.741. The van der Waals surface area contributed by atoms with E-state index in [2.05, 4.69) is 15.9 Å². The molecule has 1 amide bonds. The zero-order chi connectivity index (χ0) is 10.1. The highest BCUT2D eigenvalue weighted by atomic mass is 79.9. The van der Waals surface area contributed by atoms with E-state index in [1.807, 2.05) is 24.3 Å². The number of nitrogens with zero attached hydrogens (tertiary/aromatic N) is 1. The SMILES string of the molecule is N[C@H]1CCN(c2cccc(Br)c2)C1=O. The molecule has 2 rings (SSSR count). The summed E-state index contributed by atoms with van der Waals surface area (Å²) in [5.41, 5.74) is 6.56. The second-order valence-electron chi connectivity index (χ2n) is 3.36. The second kappa shape index (κ2) is 3.71. The van der Waals surface area contributed by atoms with Crippen molar-refractivity contribution >= 4 is 27.5 Å². The van der Waals surface area contributed by atoms with Gasteiger partial charge in [-0.2, -0.15) is 0 Å². The third kappa shape index (κ3) is 1.67. The first-order valence-electron chi connectivity index (χ1n) is 4.51. The summed E-state index contributed by atoms with van der Waals surface area (Å²) >= 11 is 3.38. The minimum atomic E-state index is -0.325. The van der Waals surface area contributed by atoms with Gasteiger partial charge in [-0.25, -0.2) is 0 Å². The monoisotopic (exact) mass is 254 g/mol. The molecule has 1 fully saturated rings. The summed E-state index contributed by atoms with van der Waals surface area (Å²) in [5.74, 6) is 0.0168. The number of carbonyl (C=O) groups is 1. The van der Waals surface area contributed by atoms with Gasteiger partial charge in [0.05, 0.1) is 6.04 Å². The van der Waals surface area contributed by atoms with Crippen molar-refractivity contribution in [3.8, 4) is 0 Å². The van der Waals surface area contributed by atoms with Gasteiger partial charge >= 0.3 is 0 Å². The van der Waals surface area contributed by atoms with E-state index in [0.717, 1.165) is 23.1 Å². The van der Waals surface area contributed by atoms with Crippen molar-refractivity contribution in [1.29, 1.82) is 0 Å². The number of hydrogen-bond donors (Lipinski definition) is 1. The van der Waals surface area contributed by atoms with Crippen LogP contribution in [0.5, 0.6) is 0 Å². The Labute approximate surface area is 91.0 Å². The third-order valence-corrected chi connectivity index (χ3v) is 2.86. The number of halogens is 1. The minimum Gasteiger partial charge on any atom is -0.320 e. The number of nitrogens with two attached hydrogens (primary N) is 1. The van der Waals surface area contributed by atoms with Crippen LogP contribution in [0.3, 0.4) is 0 Å². The lowest BCUT2D eigenvalue weighted by atomic mass is 10.3. The first-order chi connectivity index (χ1) is 6.68. The Balaban J connectivity index is 2.28. The molecule has 0 aromatic heterocycles. The topological polar surface area (TPSA) is 46.3 Å². The lowest BCUT2D eigenvalue weighted by Crippen LogP contribution is -2.33. The van der Waals surface area contributed by atoms with Crippen LogP contribution < -0.4 is 10.6 Å². The molecule has 0 aliphatic carbocycles. The van der Waals surface area contributed by atoms with Crippen LogP contribution in [0.4, 0.5) is 5.69 Å². The number of benzene rings is 1. The van der Waals surface area contributed by atoms with Crippen LogP contribution in [0.1, 0.15) is 6.42 Å². The molecule has 4 heteroatoms. The first kappa shape index (κ1) is 9.68. The van der Waals surface area contributed by atoms with Gasteiger partial charge in [0.15, 0.2) is 0 Å². The summed E-state index contributed by atoms with van der Waals surface area (Å²) in [4.78, 5) is 13.3. The maximum absolute atomic E-state index is 11.6. The van der Waals surface area contributed by atoms with Crippen molar-refractivity contribution in [1.82, 2.24) is 0 Å². The maximum Gasteiger partial charge on any atom is 0.243 e. The highest BCUT2D eigenvalue weighted by molar-refractivity contribution is 9.10. The van der Waals surface area contributed by atoms with Gasteiger partial charge in [0.25, 0.3) is 0 Å². The smallest absolute Gasteiger partial charge is 0.243 e. The molecule has 1 aromatic carbocycles. The summed E-state index contributed by atoms with van der Waals surface area (Å²) in [5, 5.41) is 0. The average molecular weight is 255 g/mol. The van der Waals surface area contributed by atoms with Crippen molar-refractivity contribution in [2.75, 3.05) is 11.4 Å². The van der Waals surface area contributed by atoms with Gasteiger partial charge in [0.2, 0.25) is 5.91 Å². The molecule has 1 aliphatic heterocycles. The molecular formula is C10H11BrN2O. The fourth-order valence-corrected chi connectivity index (χ4v) is 1.99. The number of carbonyl (C=O) groups excluding carboxylic acids is 1. The largest absolute Gasteiger partial charge is 0.320 e. The Morgan fingerprint density at radius 3 is 2.86 bits per heavy atom. The second-order valence-corrected chi connectivity index (χ2v) is 4.28. The standard InChI is InChI=1S/C10H11BrN2O/c11-7-2-1-3-8(6-7)13-5-4-9(12)10(13)14/h1-3,6,9H,4-5,12H2/t9-/m0/s1. The number of amides is 1. The molecule has 0 bridgehead atoms. The molecule has 1 atom stereocenters. The van der Waals surface area contributed by atoms with Crippen LogP contribution in [0.2, 0.25) is 0 Å². The summed E-state index contributed by atoms with van der Waals surface area (Å²) in [7, 11) is 0. The molecule has 0 unspecified atom stereocenters. The lowest BCUT2D eigenvalue weighted by molar-refractivity contribution is -0.118. The minimum absolute atomic E-state index is 0.0168. The summed E-state index contributed by atoms with van der Waals surface area (Å²) in [6.45, 7) is 0.719. The van der Waals surface area contributed by atoms with E-state index < -0.39 is 0 Å². The van der Waals surface area contributed by atoms with E-state index >= 15 is 0 Å². The van der Waals surface area contributed by atoms with Gasteiger partial charge < -0.3 is 10.6 Å². The van der Waals surface area contributed by atoms with Crippen molar-refractivity contribution in [3.05, 3.63) is 28.7 Å². The normalized spacial score (nSPS) is 21.7. The van der Waals surface area contributed by atoms with E-state index in [0.29, 0.717) is 0 Å². The van der Waals surface area contributed by atoms with E-state index in [9.17, 15) is 4.79 Å². The number of rotatable bonds is 1.